The second kappa shape index (κ2) is 17.6. The standard InChI is InChI=1S/C23H46O5/c1-2-3-4-5-6-7-8-9-10-11-12-13-14-15-16-17-27-18-21(25)23-22(26)20(24)19-28-23/h20-26H,2-19H2,1H3/t20-,21+,22-,23-/m0/s1. The zero-order valence-electron chi connectivity index (χ0n) is 18.2. The van der Waals surface area contributed by atoms with E-state index in [1.54, 1.807) is 0 Å². The molecule has 168 valence electrons. The molecule has 0 aromatic rings. The predicted molar refractivity (Wildman–Crippen MR) is 114 cm³/mol. The van der Waals surface area contributed by atoms with Crippen molar-refractivity contribution in [1.82, 2.24) is 0 Å². The highest BCUT2D eigenvalue weighted by Gasteiger charge is 2.39. The first kappa shape index (κ1) is 25.8. The van der Waals surface area contributed by atoms with Crippen LogP contribution in [0.1, 0.15) is 103 Å². The van der Waals surface area contributed by atoms with Gasteiger partial charge < -0.3 is 24.8 Å². The largest absolute Gasteiger partial charge is 0.388 e. The zero-order chi connectivity index (χ0) is 20.5. The van der Waals surface area contributed by atoms with Crippen LogP contribution in [-0.4, -0.2) is 59.6 Å². The molecule has 0 bridgehead atoms. The normalized spacial score (nSPS) is 23.4. The van der Waals surface area contributed by atoms with Crippen LogP contribution in [0.2, 0.25) is 0 Å². The highest BCUT2D eigenvalue weighted by atomic mass is 16.5. The number of hydrogen-bond acceptors (Lipinski definition) is 5. The summed E-state index contributed by atoms with van der Waals surface area (Å²) < 4.78 is 10.7. The second-order valence-corrected chi connectivity index (χ2v) is 8.45. The summed E-state index contributed by atoms with van der Waals surface area (Å²) in [5, 5.41) is 29.0. The molecule has 1 aliphatic heterocycles. The second-order valence-electron chi connectivity index (χ2n) is 8.45. The molecule has 1 saturated heterocycles. The molecular weight excluding hydrogens is 356 g/mol. The van der Waals surface area contributed by atoms with Gasteiger partial charge in [0.25, 0.3) is 0 Å². The summed E-state index contributed by atoms with van der Waals surface area (Å²) in [5.41, 5.74) is 0. The maximum Gasteiger partial charge on any atom is 0.114 e. The minimum atomic E-state index is -1.02. The first-order valence-electron chi connectivity index (χ1n) is 11.9. The van der Waals surface area contributed by atoms with Crippen LogP contribution < -0.4 is 0 Å². The van der Waals surface area contributed by atoms with Gasteiger partial charge in [0.2, 0.25) is 0 Å². The van der Waals surface area contributed by atoms with Gasteiger partial charge in [-0.25, -0.2) is 0 Å². The van der Waals surface area contributed by atoms with Crippen LogP contribution in [0, 0.1) is 0 Å². The van der Waals surface area contributed by atoms with Crippen molar-refractivity contribution in [2.45, 2.75) is 128 Å². The Balaban J connectivity index is 1.75. The third-order valence-electron chi connectivity index (χ3n) is 5.75. The molecule has 4 atom stereocenters. The average Bonchev–Trinajstić information content (AvgIpc) is 3.03. The minimum absolute atomic E-state index is 0.0714. The van der Waals surface area contributed by atoms with E-state index in [2.05, 4.69) is 6.92 Å². The Hall–Kier alpha value is -0.200. The number of ether oxygens (including phenoxy) is 2. The summed E-state index contributed by atoms with van der Waals surface area (Å²) in [5.74, 6) is 0. The van der Waals surface area contributed by atoms with Crippen molar-refractivity contribution in [3.63, 3.8) is 0 Å². The topological polar surface area (TPSA) is 79.2 Å². The number of rotatable bonds is 19. The molecule has 0 amide bonds. The molecule has 3 N–H and O–H groups in total. The molecule has 5 nitrogen and oxygen atoms in total. The third kappa shape index (κ3) is 12.4. The Kier molecular flexibility index (Phi) is 16.3. The average molecular weight is 403 g/mol. The Bertz CT molecular complexity index is 339. The van der Waals surface area contributed by atoms with Crippen LogP contribution in [0.4, 0.5) is 0 Å². The molecule has 1 heterocycles. The fourth-order valence-electron chi connectivity index (χ4n) is 3.84. The number of hydrogen-bond donors (Lipinski definition) is 3. The SMILES string of the molecule is CCCCCCCCCCCCCCCCCOC[C@@H](O)[C@@H]1OC[C@H](O)[C@@H]1O. The first-order chi connectivity index (χ1) is 13.7. The van der Waals surface area contributed by atoms with Crippen molar-refractivity contribution in [2.75, 3.05) is 19.8 Å². The lowest BCUT2D eigenvalue weighted by Gasteiger charge is -2.20. The molecular formula is C23H46O5. The van der Waals surface area contributed by atoms with E-state index in [0.717, 1.165) is 12.8 Å². The molecule has 1 rings (SSSR count). The minimum Gasteiger partial charge on any atom is -0.388 e. The van der Waals surface area contributed by atoms with Gasteiger partial charge in [0.15, 0.2) is 0 Å². The Morgan fingerprint density at radius 1 is 0.786 bits per heavy atom. The van der Waals surface area contributed by atoms with Crippen LogP contribution in [0.5, 0.6) is 0 Å². The smallest absolute Gasteiger partial charge is 0.114 e. The van der Waals surface area contributed by atoms with Crippen molar-refractivity contribution in [1.29, 1.82) is 0 Å². The van der Waals surface area contributed by atoms with E-state index in [1.165, 1.54) is 83.5 Å². The summed E-state index contributed by atoms with van der Waals surface area (Å²) in [7, 11) is 0. The maximum atomic E-state index is 9.94. The molecule has 0 unspecified atom stereocenters. The van der Waals surface area contributed by atoms with Crippen molar-refractivity contribution < 1.29 is 24.8 Å². The van der Waals surface area contributed by atoms with Gasteiger partial charge in [-0.2, -0.15) is 0 Å². The van der Waals surface area contributed by atoms with E-state index in [1.807, 2.05) is 0 Å². The van der Waals surface area contributed by atoms with E-state index in [4.69, 9.17) is 9.47 Å². The lowest BCUT2D eigenvalue weighted by molar-refractivity contribution is -0.0813. The van der Waals surface area contributed by atoms with Gasteiger partial charge in [-0.1, -0.05) is 96.8 Å². The van der Waals surface area contributed by atoms with Crippen molar-refractivity contribution in [3.05, 3.63) is 0 Å². The fraction of sp³-hybridized carbons (Fsp3) is 1.00. The van der Waals surface area contributed by atoms with Gasteiger partial charge in [-0.3, -0.25) is 0 Å². The first-order valence-corrected chi connectivity index (χ1v) is 11.9. The van der Waals surface area contributed by atoms with E-state index < -0.39 is 24.4 Å². The lowest BCUT2D eigenvalue weighted by atomic mass is 10.0. The molecule has 0 aliphatic carbocycles. The Labute approximate surface area is 172 Å². The molecule has 5 heteroatoms. The molecule has 0 aromatic carbocycles. The monoisotopic (exact) mass is 402 g/mol. The van der Waals surface area contributed by atoms with E-state index in [-0.39, 0.29) is 13.2 Å². The molecule has 1 aliphatic rings. The zero-order valence-corrected chi connectivity index (χ0v) is 18.2. The summed E-state index contributed by atoms with van der Waals surface area (Å²) in [6.07, 6.45) is 16.5. The van der Waals surface area contributed by atoms with Gasteiger partial charge in [-0.15, -0.1) is 0 Å². The molecule has 1 fully saturated rings. The molecule has 0 aromatic heterocycles. The van der Waals surface area contributed by atoms with Crippen LogP contribution in [-0.2, 0) is 9.47 Å². The van der Waals surface area contributed by atoms with E-state index in [0.29, 0.717) is 6.61 Å². The highest BCUT2D eigenvalue weighted by molar-refractivity contribution is 4.87. The summed E-state index contributed by atoms with van der Waals surface area (Å²) in [6.45, 7) is 3.11. The van der Waals surface area contributed by atoms with Gasteiger partial charge in [-0.05, 0) is 6.42 Å². The van der Waals surface area contributed by atoms with Crippen LogP contribution >= 0.6 is 0 Å². The summed E-state index contributed by atoms with van der Waals surface area (Å²) in [6, 6.07) is 0. The Morgan fingerprint density at radius 3 is 1.68 bits per heavy atom. The fourth-order valence-corrected chi connectivity index (χ4v) is 3.84. The van der Waals surface area contributed by atoms with E-state index >= 15 is 0 Å². The van der Waals surface area contributed by atoms with Gasteiger partial charge >= 0.3 is 0 Å². The molecule has 0 radical (unpaired) electrons. The number of aliphatic hydroxyl groups is 3. The van der Waals surface area contributed by atoms with Crippen molar-refractivity contribution in [3.8, 4) is 0 Å². The van der Waals surface area contributed by atoms with Crippen LogP contribution in [0.25, 0.3) is 0 Å². The van der Waals surface area contributed by atoms with Crippen LogP contribution in [0.3, 0.4) is 0 Å². The quantitative estimate of drug-likeness (QED) is 0.280. The van der Waals surface area contributed by atoms with Gasteiger partial charge in [0, 0.05) is 6.61 Å². The summed E-state index contributed by atoms with van der Waals surface area (Å²) >= 11 is 0. The van der Waals surface area contributed by atoms with Gasteiger partial charge in [0.05, 0.1) is 13.2 Å². The number of aliphatic hydroxyl groups excluding tert-OH is 3. The van der Waals surface area contributed by atoms with E-state index in [9.17, 15) is 15.3 Å². The molecule has 28 heavy (non-hydrogen) atoms. The number of unbranched alkanes of at least 4 members (excludes halogenated alkanes) is 14. The van der Waals surface area contributed by atoms with Crippen molar-refractivity contribution >= 4 is 0 Å². The molecule has 0 spiro atoms. The maximum absolute atomic E-state index is 9.94. The Morgan fingerprint density at radius 2 is 1.25 bits per heavy atom. The lowest BCUT2D eigenvalue weighted by Crippen LogP contribution is -2.40. The predicted octanol–water partition coefficient (Wildman–Crippen LogP) is 4.36. The highest BCUT2D eigenvalue weighted by Crippen LogP contribution is 2.18. The summed E-state index contributed by atoms with van der Waals surface area (Å²) in [4.78, 5) is 0. The third-order valence-corrected chi connectivity index (χ3v) is 5.75. The molecule has 0 saturated carbocycles. The van der Waals surface area contributed by atoms with Crippen molar-refractivity contribution in [2.24, 2.45) is 0 Å². The van der Waals surface area contributed by atoms with Crippen LogP contribution in [0.15, 0.2) is 0 Å². The van der Waals surface area contributed by atoms with Gasteiger partial charge in [0.1, 0.15) is 24.4 Å².